The van der Waals surface area contributed by atoms with E-state index in [1.807, 2.05) is 5.43 Å². The Balaban J connectivity index is 3.10. The molecule has 0 fully saturated rings. The number of nitrogen functional groups attached to an aromatic ring is 1. The van der Waals surface area contributed by atoms with Crippen LogP contribution in [-0.4, -0.2) is 30.1 Å². The van der Waals surface area contributed by atoms with E-state index in [9.17, 15) is 19.3 Å². The molecule has 1 aromatic carbocycles. The molecule has 1 rings (SSSR count). The molecule has 1 aromatic rings. The van der Waals surface area contributed by atoms with Crippen LogP contribution in [-0.2, 0) is 4.74 Å². The number of benzene rings is 1. The zero-order valence-corrected chi connectivity index (χ0v) is 11.9. The van der Waals surface area contributed by atoms with Crippen LogP contribution in [0.15, 0.2) is 12.1 Å². The van der Waals surface area contributed by atoms with E-state index in [0.717, 1.165) is 6.07 Å². The molecule has 0 radical (unpaired) electrons. The van der Waals surface area contributed by atoms with Gasteiger partial charge in [-0.15, -0.1) is 0 Å². The molecule has 0 atom stereocenters. The Morgan fingerprint density at radius 2 is 2.14 bits per heavy atom. The van der Waals surface area contributed by atoms with Gasteiger partial charge in [-0.3, -0.25) is 20.8 Å². The number of hydrogen-bond donors (Lipinski definition) is 3. The van der Waals surface area contributed by atoms with Gasteiger partial charge in [-0.2, -0.15) is 0 Å². The van der Waals surface area contributed by atoms with Gasteiger partial charge in [0.15, 0.2) is 5.82 Å². The lowest BCUT2D eigenvalue weighted by Crippen LogP contribution is -2.39. The average Bonchev–Trinajstić information content (AvgIpc) is 2.44. The number of hydrazine groups is 1. The van der Waals surface area contributed by atoms with Crippen molar-refractivity contribution in [2.75, 3.05) is 19.1 Å². The molecule has 0 heterocycles. The standard InChI is InChI=1S/C12H17FN4O4/c1-12(2,21-3)6-15-11(18)7-4-9(16-14)8(13)5-10(7)17(19)20/h4-5,16H,6,14H2,1-3H3,(H,15,18). The minimum atomic E-state index is -0.919. The lowest BCUT2D eigenvalue weighted by atomic mass is 10.1. The van der Waals surface area contributed by atoms with Crippen LogP contribution >= 0.6 is 0 Å². The summed E-state index contributed by atoms with van der Waals surface area (Å²) >= 11 is 0. The lowest BCUT2D eigenvalue weighted by Gasteiger charge is -2.23. The molecule has 21 heavy (non-hydrogen) atoms. The van der Waals surface area contributed by atoms with Crippen LogP contribution in [0.3, 0.4) is 0 Å². The molecule has 0 aliphatic heterocycles. The van der Waals surface area contributed by atoms with Gasteiger partial charge in [-0.05, 0) is 19.9 Å². The predicted molar refractivity (Wildman–Crippen MR) is 74.3 cm³/mol. The molecule has 8 nitrogen and oxygen atoms in total. The van der Waals surface area contributed by atoms with E-state index >= 15 is 0 Å². The number of nitrogens with one attached hydrogen (secondary N) is 2. The molecule has 1 amide bonds. The van der Waals surface area contributed by atoms with Crippen LogP contribution in [0.1, 0.15) is 24.2 Å². The van der Waals surface area contributed by atoms with Crippen LogP contribution < -0.4 is 16.6 Å². The van der Waals surface area contributed by atoms with Gasteiger partial charge >= 0.3 is 0 Å². The molecule has 0 bridgehead atoms. The van der Waals surface area contributed by atoms with Crippen LogP contribution in [0, 0.1) is 15.9 Å². The third kappa shape index (κ3) is 4.10. The number of carbonyl (C=O) groups excluding carboxylic acids is 1. The molecule has 4 N–H and O–H groups in total. The van der Waals surface area contributed by atoms with Gasteiger partial charge in [0.05, 0.1) is 22.3 Å². The monoisotopic (exact) mass is 300 g/mol. The fourth-order valence-electron chi connectivity index (χ4n) is 1.47. The van der Waals surface area contributed by atoms with Gasteiger partial charge < -0.3 is 15.5 Å². The number of anilines is 1. The van der Waals surface area contributed by atoms with Crippen LogP contribution in [0.5, 0.6) is 0 Å². The van der Waals surface area contributed by atoms with E-state index in [1.165, 1.54) is 7.11 Å². The zero-order valence-electron chi connectivity index (χ0n) is 11.9. The van der Waals surface area contributed by atoms with E-state index in [-0.39, 0.29) is 17.8 Å². The first-order chi connectivity index (χ1) is 9.71. The van der Waals surface area contributed by atoms with Gasteiger partial charge in [0.25, 0.3) is 11.6 Å². The smallest absolute Gasteiger partial charge is 0.285 e. The lowest BCUT2D eigenvalue weighted by molar-refractivity contribution is -0.385. The van der Waals surface area contributed by atoms with Gasteiger partial charge in [0, 0.05) is 13.7 Å². The van der Waals surface area contributed by atoms with Crippen molar-refractivity contribution in [1.29, 1.82) is 0 Å². The van der Waals surface area contributed by atoms with Gasteiger partial charge in [-0.1, -0.05) is 0 Å². The van der Waals surface area contributed by atoms with Crippen LogP contribution in [0.25, 0.3) is 0 Å². The van der Waals surface area contributed by atoms with Crippen molar-refractivity contribution in [2.24, 2.45) is 5.84 Å². The van der Waals surface area contributed by atoms with Crippen LogP contribution in [0.4, 0.5) is 15.8 Å². The van der Waals surface area contributed by atoms with Crippen molar-refractivity contribution in [3.05, 3.63) is 33.6 Å². The van der Waals surface area contributed by atoms with Crippen molar-refractivity contribution in [1.82, 2.24) is 5.32 Å². The molecule has 0 unspecified atom stereocenters. The van der Waals surface area contributed by atoms with Gasteiger partial charge in [0.1, 0.15) is 5.56 Å². The number of methoxy groups -OCH3 is 1. The zero-order chi connectivity index (χ0) is 16.2. The highest BCUT2D eigenvalue weighted by molar-refractivity contribution is 5.99. The van der Waals surface area contributed by atoms with E-state index in [1.54, 1.807) is 13.8 Å². The number of halogens is 1. The Bertz CT molecular complexity index is 562. The highest BCUT2D eigenvalue weighted by Gasteiger charge is 2.25. The summed E-state index contributed by atoms with van der Waals surface area (Å²) in [6, 6.07) is 1.63. The Kier molecular flexibility index (Phi) is 5.17. The highest BCUT2D eigenvalue weighted by atomic mass is 19.1. The maximum absolute atomic E-state index is 13.5. The first-order valence-electron chi connectivity index (χ1n) is 5.99. The largest absolute Gasteiger partial charge is 0.377 e. The number of amides is 1. The highest BCUT2D eigenvalue weighted by Crippen LogP contribution is 2.25. The molecular formula is C12H17FN4O4. The molecule has 9 heteroatoms. The minimum Gasteiger partial charge on any atom is -0.377 e. The second-order valence-corrected chi connectivity index (χ2v) is 4.90. The van der Waals surface area contributed by atoms with E-state index in [4.69, 9.17) is 10.6 Å². The van der Waals surface area contributed by atoms with E-state index in [0.29, 0.717) is 6.07 Å². The number of ether oxygens (including phenoxy) is 1. The Hall–Kier alpha value is -2.26. The summed E-state index contributed by atoms with van der Waals surface area (Å²) in [7, 11) is 1.48. The predicted octanol–water partition coefficient (Wildman–Crippen LogP) is 1.17. The van der Waals surface area contributed by atoms with E-state index < -0.39 is 27.9 Å². The fraction of sp³-hybridized carbons (Fsp3) is 0.417. The number of nitrogens with zero attached hydrogens (tertiary/aromatic N) is 1. The normalized spacial score (nSPS) is 11.1. The van der Waals surface area contributed by atoms with Crippen LogP contribution in [0.2, 0.25) is 0 Å². The van der Waals surface area contributed by atoms with E-state index in [2.05, 4.69) is 5.32 Å². The number of hydrogen-bond acceptors (Lipinski definition) is 6. The average molecular weight is 300 g/mol. The fourth-order valence-corrected chi connectivity index (χ4v) is 1.47. The summed E-state index contributed by atoms with van der Waals surface area (Å²) < 4.78 is 18.6. The number of rotatable bonds is 6. The summed E-state index contributed by atoms with van der Waals surface area (Å²) in [5.74, 6) is 3.46. The van der Waals surface area contributed by atoms with Gasteiger partial charge in [0.2, 0.25) is 0 Å². The molecule has 0 aliphatic carbocycles. The van der Waals surface area contributed by atoms with Crippen molar-refractivity contribution < 1.29 is 18.8 Å². The first kappa shape index (κ1) is 16.8. The third-order valence-corrected chi connectivity index (χ3v) is 2.91. The number of nitro benzene ring substituents is 1. The molecule has 0 aromatic heterocycles. The number of carbonyl (C=O) groups is 1. The molecule has 0 spiro atoms. The first-order valence-corrected chi connectivity index (χ1v) is 5.99. The molecular weight excluding hydrogens is 283 g/mol. The maximum Gasteiger partial charge on any atom is 0.285 e. The second kappa shape index (κ2) is 6.46. The Morgan fingerprint density at radius 1 is 1.52 bits per heavy atom. The topological polar surface area (TPSA) is 120 Å². The summed E-state index contributed by atoms with van der Waals surface area (Å²) in [6.45, 7) is 3.60. The summed E-state index contributed by atoms with van der Waals surface area (Å²) in [5, 5.41) is 13.4. The third-order valence-electron chi connectivity index (χ3n) is 2.91. The van der Waals surface area contributed by atoms with Crippen molar-refractivity contribution in [2.45, 2.75) is 19.4 Å². The SMILES string of the molecule is COC(C)(C)CNC(=O)c1cc(NN)c(F)cc1[N+](=O)[O-]. The quantitative estimate of drug-likeness (QED) is 0.412. The number of nitro groups is 1. The maximum atomic E-state index is 13.5. The number of nitrogens with two attached hydrogens (primary N) is 1. The summed E-state index contributed by atoms with van der Waals surface area (Å²) in [5.41, 5.74) is 0.257. The Labute approximate surface area is 120 Å². The molecule has 0 aliphatic rings. The molecule has 116 valence electrons. The summed E-state index contributed by atoms with van der Waals surface area (Å²) in [4.78, 5) is 22.1. The van der Waals surface area contributed by atoms with Crippen molar-refractivity contribution in [3.8, 4) is 0 Å². The van der Waals surface area contributed by atoms with Crippen molar-refractivity contribution in [3.63, 3.8) is 0 Å². The summed E-state index contributed by atoms with van der Waals surface area (Å²) in [6.07, 6.45) is 0. The molecule has 0 saturated carbocycles. The molecule has 0 saturated heterocycles. The minimum absolute atomic E-state index is 0.127. The van der Waals surface area contributed by atoms with Crippen molar-refractivity contribution >= 4 is 17.3 Å². The van der Waals surface area contributed by atoms with Gasteiger partial charge in [-0.25, -0.2) is 4.39 Å². The second-order valence-electron chi connectivity index (χ2n) is 4.90. The Morgan fingerprint density at radius 3 is 2.62 bits per heavy atom.